The van der Waals surface area contributed by atoms with Crippen molar-refractivity contribution in [1.29, 1.82) is 0 Å². The molecule has 26 heavy (non-hydrogen) atoms. The number of hydrogen-bond acceptors (Lipinski definition) is 2. The standard InChI is InChI=1S/C24H31NO/c1-4-12-21(13-5-1)20-24(22-14-6-2-7-15-22)26-19-11-9-17-23-16-8-3-10-18-25-23/h1-2,4-7,12-15,20,23,25H,3,8-11,16-19H2. The van der Waals surface area contributed by atoms with Crippen LogP contribution in [0.4, 0.5) is 0 Å². The summed E-state index contributed by atoms with van der Waals surface area (Å²) in [7, 11) is 0. The second-order valence-electron chi connectivity index (χ2n) is 7.13. The van der Waals surface area contributed by atoms with Crippen molar-refractivity contribution in [1.82, 2.24) is 5.32 Å². The summed E-state index contributed by atoms with van der Waals surface area (Å²) in [5, 5.41) is 3.69. The minimum atomic E-state index is 0.714. The highest BCUT2D eigenvalue weighted by Crippen LogP contribution is 2.20. The Morgan fingerprint density at radius 2 is 1.69 bits per heavy atom. The summed E-state index contributed by atoms with van der Waals surface area (Å²) in [5.74, 6) is 0.962. The van der Waals surface area contributed by atoms with Crippen LogP contribution in [0.3, 0.4) is 0 Å². The Kier molecular flexibility index (Phi) is 7.79. The second kappa shape index (κ2) is 10.8. The van der Waals surface area contributed by atoms with Gasteiger partial charge in [-0.3, -0.25) is 0 Å². The maximum atomic E-state index is 6.19. The Morgan fingerprint density at radius 1 is 0.923 bits per heavy atom. The van der Waals surface area contributed by atoms with E-state index in [1.54, 1.807) is 0 Å². The van der Waals surface area contributed by atoms with Gasteiger partial charge in [0.25, 0.3) is 0 Å². The maximum Gasteiger partial charge on any atom is 0.127 e. The fourth-order valence-electron chi connectivity index (χ4n) is 3.53. The van der Waals surface area contributed by atoms with Crippen LogP contribution in [-0.4, -0.2) is 19.2 Å². The smallest absolute Gasteiger partial charge is 0.127 e. The van der Waals surface area contributed by atoms with Gasteiger partial charge >= 0.3 is 0 Å². The minimum Gasteiger partial charge on any atom is -0.493 e. The number of ether oxygens (including phenoxy) is 1. The predicted octanol–water partition coefficient (Wildman–Crippen LogP) is 5.90. The lowest BCUT2D eigenvalue weighted by Crippen LogP contribution is -2.27. The van der Waals surface area contributed by atoms with E-state index in [0.717, 1.165) is 24.4 Å². The SMILES string of the molecule is C(=C(OCCCCC1CCCCCN1)c1ccccc1)c1ccccc1. The quantitative estimate of drug-likeness (QED) is 0.364. The van der Waals surface area contributed by atoms with E-state index in [2.05, 4.69) is 59.9 Å². The molecule has 1 heterocycles. The van der Waals surface area contributed by atoms with E-state index < -0.39 is 0 Å². The Morgan fingerprint density at radius 3 is 2.50 bits per heavy atom. The molecule has 2 heteroatoms. The van der Waals surface area contributed by atoms with Crippen molar-refractivity contribution in [2.75, 3.05) is 13.2 Å². The van der Waals surface area contributed by atoms with Crippen molar-refractivity contribution in [3.63, 3.8) is 0 Å². The third-order valence-electron chi connectivity index (χ3n) is 5.02. The Bertz CT molecular complexity index is 642. The number of unbranched alkanes of at least 4 members (excludes halogenated alkanes) is 1. The molecule has 1 aliphatic rings. The molecule has 2 aromatic rings. The van der Waals surface area contributed by atoms with Crippen molar-refractivity contribution < 1.29 is 4.74 Å². The summed E-state index contributed by atoms with van der Waals surface area (Å²) in [5.41, 5.74) is 2.32. The number of rotatable bonds is 8. The Labute approximate surface area is 158 Å². The number of nitrogens with one attached hydrogen (secondary N) is 1. The Balaban J connectivity index is 1.51. The lowest BCUT2D eigenvalue weighted by atomic mass is 10.0. The first-order valence-corrected chi connectivity index (χ1v) is 10.1. The summed E-state index contributed by atoms with van der Waals surface area (Å²) in [6, 6.07) is 21.5. The second-order valence-corrected chi connectivity index (χ2v) is 7.13. The third kappa shape index (κ3) is 6.34. The number of benzene rings is 2. The fourth-order valence-corrected chi connectivity index (χ4v) is 3.53. The van der Waals surface area contributed by atoms with Crippen LogP contribution in [0.1, 0.15) is 56.1 Å². The molecule has 138 valence electrons. The summed E-state index contributed by atoms with van der Waals surface area (Å²) in [4.78, 5) is 0. The first-order chi connectivity index (χ1) is 12.9. The molecule has 1 atom stereocenters. The molecular weight excluding hydrogens is 318 g/mol. The van der Waals surface area contributed by atoms with Gasteiger partial charge in [0.1, 0.15) is 5.76 Å². The molecule has 0 saturated carbocycles. The van der Waals surface area contributed by atoms with Crippen LogP contribution >= 0.6 is 0 Å². The van der Waals surface area contributed by atoms with E-state index in [4.69, 9.17) is 4.74 Å². The topological polar surface area (TPSA) is 21.3 Å². The van der Waals surface area contributed by atoms with Gasteiger partial charge in [-0.15, -0.1) is 0 Å². The molecule has 0 spiro atoms. The van der Waals surface area contributed by atoms with Crippen molar-refractivity contribution in [2.24, 2.45) is 0 Å². The van der Waals surface area contributed by atoms with Crippen molar-refractivity contribution >= 4 is 11.8 Å². The lowest BCUT2D eigenvalue weighted by Gasteiger charge is -2.16. The van der Waals surface area contributed by atoms with E-state index in [1.807, 2.05) is 12.1 Å². The van der Waals surface area contributed by atoms with Crippen LogP contribution in [-0.2, 0) is 4.74 Å². The van der Waals surface area contributed by atoms with Crippen LogP contribution < -0.4 is 5.32 Å². The summed E-state index contributed by atoms with van der Waals surface area (Å²) >= 11 is 0. The highest BCUT2D eigenvalue weighted by atomic mass is 16.5. The molecular formula is C24H31NO. The van der Waals surface area contributed by atoms with Crippen LogP contribution in [0.25, 0.3) is 11.8 Å². The van der Waals surface area contributed by atoms with Gasteiger partial charge in [-0.2, -0.15) is 0 Å². The van der Waals surface area contributed by atoms with Crippen molar-refractivity contribution in [3.8, 4) is 0 Å². The monoisotopic (exact) mass is 349 g/mol. The zero-order valence-corrected chi connectivity index (χ0v) is 15.7. The van der Waals surface area contributed by atoms with E-state index in [9.17, 15) is 0 Å². The van der Waals surface area contributed by atoms with Gasteiger partial charge in [0.15, 0.2) is 0 Å². The van der Waals surface area contributed by atoms with Crippen molar-refractivity contribution in [3.05, 3.63) is 71.8 Å². The van der Waals surface area contributed by atoms with Crippen LogP contribution in [0.5, 0.6) is 0 Å². The van der Waals surface area contributed by atoms with Crippen molar-refractivity contribution in [2.45, 2.75) is 51.0 Å². The van der Waals surface area contributed by atoms with Crippen LogP contribution in [0.2, 0.25) is 0 Å². The molecule has 0 bridgehead atoms. The van der Waals surface area contributed by atoms with E-state index in [1.165, 1.54) is 50.6 Å². The summed E-state index contributed by atoms with van der Waals surface area (Å²) < 4.78 is 6.19. The molecule has 1 fully saturated rings. The zero-order valence-electron chi connectivity index (χ0n) is 15.7. The predicted molar refractivity (Wildman–Crippen MR) is 111 cm³/mol. The molecule has 2 nitrogen and oxygen atoms in total. The molecule has 1 saturated heterocycles. The van der Waals surface area contributed by atoms with E-state index in [0.29, 0.717) is 6.04 Å². The lowest BCUT2D eigenvalue weighted by molar-refractivity contribution is 0.265. The van der Waals surface area contributed by atoms with Gasteiger partial charge in [-0.05, 0) is 50.3 Å². The summed E-state index contributed by atoms with van der Waals surface area (Å²) in [6.07, 6.45) is 11.2. The molecule has 0 aromatic heterocycles. The van der Waals surface area contributed by atoms with Gasteiger partial charge in [0, 0.05) is 11.6 Å². The van der Waals surface area contributed by atoms with Gasteiger partial charge in [0.2, 0.25) is 0 Å². The molecule has 3 rings (SSSR count). The normalized spacial score (nSPS) is 18.3. The number of hydrogen-bond donors (Lipinski definition) is 1. The largest absolute Gasteiger partial charge is 0.493 e. The molecule has 0 amide bonds. The Hall–Kier alpha value is -2.06. The molecule has 0 aliphatic carbocycles. The average Bonchev–Trinajstić information content (AvgIpc) is 2.97. The van der Waals surface area contributed by atoms with Gasteiger partial charge in [-0.25, -0.2) is 0 Å². The van der Waals surface area contributed by atoms with E-state index >= 15 is 0 Å². The summed E-state index contributed by atoms with van der Waals surface area (Å²) in [6.45, 7) is 1.97. The minimum absolute atomic E-state index is 0.714. The molecule has 1 N–H and O–H groups in total. The third-order valence-corrected chi connectivity index (χ3v) is 5.02. The first kappa shape index (κ1) is 18.7. The van der Waals surface area contributed by atoms with Gasteiger partial charge in [0.05, 0.1) is 6.61 Å². The average molecular weight is 350 g/mol. The molecule has 1 aliphatic heterocycles. The highest BCUT2D eigenvalue weighted by Gasteiger charge is 2.10. The van der Waals surface area contributed by atoms with Crippen LogP contribution in [0.15, 0.2) is 60.7 Å². The van der Waals surface area contributed by atoms with E-state index in [-0.39, 0.29) is 0 Å². The first-order valence-electron chi connectivity index (χ1n) is 10.1. The van der Waals surface area contributed by atoms with Gasteiger partial charge < -0.3 is 10.1 Å². The maximum absolute atomic E-state index is 6.19. The van der Waals surface area contributed by atoms with Gasteiger partial charge in [-0.1, -0.05) is 73.5 Å². The van der Waals surface area contributed by atoms with Crippen LogP contribution in [0, 0.1) is 0 Å². The highest BCUT2D eigenvalue weighted by molar-refractivity contribution is 5.77. The molecule has 1 unspecified atom stereocenters. The molecule has 2 aromatic carbocycles. The fraction of sp³-hybridized carbons (Fsp3) is 0.417. The molecule has 0 radical (unpaired) electrons. The zero-order chi connectivity index (χ0) is 17.9.